The minimum absolute atomic E-state index is 0.0526. The Morgan fingerprint density at radius 1 is 1.14 bits per heavy atom. The number of aliphatic hydroxyl groups excluding tert-OH is 1. The number of hydrogen-bond acceptors (Lipinski definition) is 8. The molecule has 0 spiro atoms. The van der Waals surface area contributed by atoms with Gasteiger partial charge in [0.1, 0.15) is 12.7 Å². The van der Waals surface area contributed by atoms with E-state index in [-0.39, 0.29) is 28.9 Å². The molecule has 3 rings (SSSR count). The summed E-state index contributed by atoms with van der Waals surface area (Å²) in [6.07, 6.45) is -2.88. The monoisotopic (exact) mass is 544 g/mol. The third-order valence-electron chi connectivity index (χ3n) is 4.95. The van der Waals surface area contributed by atoms with Crippen molar-refractivity contribution in [2.45, 2.75) is 29.1 Å². The van der Waals surface area contributed by atoms with E-state index < -0.39 is 39.0 Å². The van der Waals surface area contributed by atoms with Crippen LogP contribution >= 0.6 is 11.8 Å². The summed E-state index contributed by atoms with van der Waals surface area (Å²) in [6, 6.07) is 8.97. The van der Waals surface area contributed by atoms with Crippen LogP contribution in [0.25, 0.3) is 5.69 Å². The smallest absolute Gasteiger partial charge is 0.416 e. The van der Waals surface area contributed by atoms with Gasteiger partial charge in [-0.25, -0.2) is 13.4 Å². The number of ether oxygens (including phenoxy) is 2. The highest BCUT2D eigenvalue weighted by molar-refractivity contribution is 7.99. The van der Waals surface area contributed by atoms with Crippen molar-refractivity contribution in [2.75, 3.05) is 25.2 Å². The van der Waals surface area contributed by atoms with E-state index in [4.69, 9.17) is 9.47 Å². The SMILES string of the molecule is CCS(=O)(=O)CC(O)COc1ccc(-n2ccnc(Sc3ccc(C(F)(F)F)cc3)c2=O)cc1OC. The topological polar surface area (TPSA) is 108 Å². The molecule has 0 fully saturated rings. The molecule has 1 atom stereocenters. The lowest BCUT2D eigenvalue weighted by Crippen LogP contribution is -2.28. The normalized spacial score (nSPS) is 12.8. The number of benzene rings is 2. The number of nitrogens with zero attached hydrogens (tertiary/aromatic N) is 2. The van der Waals surface area contributed by atoms with Crippen LogP contribution in [-0.2, 0) is 16.0 Å². The van der Waals surface area contributed by atoms with Crippen molar-refractivity contribution >= 4 is 21.6 Å². The van der Waals surface area contributed by atoms with Crippen LogP contribution in [0.3, 0.4) is 0 Å². The summed E-state index contributed by atoms with van der Waals surface area (Å²) in [6.45, 7) is 1.21. The van der Waals surface area contributed by atoms with E-state index in [1.165, 1.54) is 55.3 Å². The Labute approximate surface area is 209 Å². The summed E-state index contributed by atoms with van der Waals surface area (Å²) in [5, 5.41) is 10.0. The fraction of sp³-hybridized carbons (Fsp3) is 0.304. The van der Waals surface area contributed by atoms with Crippen LogP contribution in [0.2, 0.25) is 0 Å². The Balaban J connectivity index is 1.79. The predicted molar refractivity (Wildman–Crippen MR) is 128 cm³/mol. The molecule has 0 amide bonds. The molecule has 0 aliphatic carbocycles. The van der Waals surface area contributed by atoms with Crippen LogP contribution in [0, 0.1) is 0 Å². The molecule has 0 aliphatic heterocycles. The summed E-state index contributed by atoms with van der Waals surface area (Å²) in [4.78, 5) is 17.5. The fourth-order valence-electron chi connectivity index (χ4n) is 3.06. The maximum absolute atomic E-state index is 13.0. The fourth-order valence-corrected chi connectivity index (χ4v) is 4.77. The van der Waals surface area contributed by atoms with Crippen LogP contribution in [0.15, 0.2) is 69.6 Å². The van der Waals surface area contributed by atoms with Gasteiger partial charge >= 0.3 is 6.18 Å². The molecule has 1 heterocycles. The van der Waals surface area contributed by atoms with Gasteiger partial charge in [-0.15, -0.1) is 0 Å². The molecule has 0 radical (unpaired) electrons. The predicted octanol–water partition coefficient (Wildman–Crippen LogP) is 3.59. The zero-order chi connectivity index (χ0) is 26.5. The first-order chi connectivity index (χ1) is 16.9. The number of rotatable bonds is 10. The van der Waals surface area contributed by atoms with Crippen molar-refractivity contribution in [3.05, 3.63) is 70.8 Å². The van der Waals surface area contributed by atoms with Gasteiger partial charge in [-0.3, -0.25) is 9.36 Å². The molecule has 0 aliphatic rings. The van der Waals surface area contributed by atoms with Crippen molar-refractivity contribution < 1.29 is 36.2 Å². The molecular formula is C23H23F3N2O6S2. The third-order valence-corrected chi connectivity index (χ3v) is 7.70. The van der Waals surface area contributed by atoms with E-state index in [0.29, 0.717) is 10.6 Å². The molecule has 13 heteroatoms. The number of methoxy groups -OCH3 is 1. The molecular weight excluding hydrogens is 521 g/mol. The van der Waals surface area contributed by atoms with Gasteiger partial charge in [0.15, 0.2) is 26.4 Å². The lowest BCUT2D eigenvalue weighted by molar-refractivity contribution is -0.137. The van der Waals surface area contributed by atoms with Gasteiger partial charge in [-0.2, -0.15) is 13.2 Å². The molecule has 194 valence electrons. The number of sulfone groups is 1. The second-order valence-electron chi connectivity index (χ2n) is 7.53. The molecule has 1 N–H and O–H groups in total. The van der Waals surface area contributed by atoms with Crippen LogP contribution in [0.5, 0.6) is 11.5 Å². The number of hydrogen-bond donors (Lipinski definition) is 1. The van der Waals surface area contributed by atoms with Crippen LogP contribution in [-0.4, -0.2) is 54.4 Å². The molecule has 0 bridgehead atoms. The van der Waals surface area contributed by atoms with Gasteiger partial charge < -0.3 is 14.6 Å². The average Bonchev–Trinajstić information content (AvgIpc) is 2.83. The highest BCUT2D eigenvalue weighted by Crippen LogP contribution is 2.32. The Morgan fingerprint density at radius 3 is 2.44 bits per heavy atom. The second-order valence-corrected chi connectivity index (χ2v) is 11.0. The lowest BCUT2D eigenvalue weighted by atomic mass is 10.2. The third kappa shape index (κ3) is 7.02. The summed E-state index contributed by atoms with van der Waals surface area (Å²) < 4.78 is 73.8. The van der Waals surface area contributed by atoms with Crippen LogP contribution in [0.1, 0.15) is 12.5 Å². The first-order valence-corrected chi connectivity index (χ1v) is 13.2. The Morgan fingerprint density at radius 2 is 1.83 bits per heavy atom. The van der Waals surface area contributed by atoms with E-state index in [0.717, 1.165) is 23.9 Å². The zero-order valence-corrected chi connectivity index (χ0v) is 20.9. The standard InChI is InChI=1S/C23H23F3N2O6S2/c1-3-36(31,32)14-17(29)13-34-19-9-6-16(12-20(19)33-2)28-11-10-27-21(22(28)30)35-18-7-4-15(5-8-18)23(24,25)26/h4-12,17,29H,3,13-14H2,1-2H3. The molecule has 0 saturated carbocycles. The van der Waals surface area contributed by atoms with E-state index in [9.17, 15) is 31.5 Å². The number of halogens is 3. The second kappa shape index (κ2) is 11.4. The summed E-state index contributed by atoms with van der Waals surface area (Å²) in [5.74, 6) is -0.0632. The number of alkyl halides is 3. The van der Waals surface area contributed by atoms with E-state index in [1.54, 1.807) is 6.07 Å². The summed E-state index contributed by atoms with van der Waals surface area (Å²) >= 11 is 0.928. The van der Waals surface area contributed by atoms with Gasteiger partial charge in [-0.05, 0) is 36.4 Å². The first kappa shape index (κ1) is 27.6. The van der Waals surface area contributed by atoms with Crippen LogP contribution < -0.4 is 15.0 Å². The molecule has 36 heavy (non-hydrogen) atoms. The van der Waals surface area contributed by atoms with Gasteiger partial charge in [0.2, 0.25) is 0 Å². The van der Waals surface area contributed by atoms with Gasteiger partial charge in [-0.1, -0.05) is 18.7 Å². The molecule has 2 aromatic carbocycles. The molecule has 3 aromatic rings. The lowest BCUT2D eigenvalue weighted by Gasteiger charge is -2.16. The van der Waals surface area contributed by atoms with E-state index >= 15 is 0 Å². The van der Waals surface area contributed by atoms with Gasteiger partial charge in [0.25, 0.3) is 5.56 Å². The Hall–Kier alpha value is -3.03. The average molecular weight is 545 g/mol. The van der Waals surface area contributed by atoms with Gasteiger partial charge in [0.05, 0.1) is 24.1 Å². The molecule has 0 saturated heterocycles. The maximum Gasteiger partial charge on any atom is 0.416 e. The van der Waals surface area contributed by atoms with Gasteiger partial charge in [0, 0.05) is 29.1 Å². The molecule has 8 nitrogen and oxygen atoms in total. The van der Waals surface area contributed by atoms with E-state index in [1.807, 2.05) is 0 Å². The van der Waals surface area contributed by atoms with E-state index in [2.05, 4.69) is 4.98 Å². The number of aromatic nitrogens is 2. The minimum atomic E-state index is -4.46. The quantitative estimate of drug-likeness (QED) is 0.413. The Kier molecular flexibility index (Phi) is 8.69. The summed E-state index contributed by atoms with van der Waals surface area (Å²) in [7, 11) is -2.00. The minimum Gasteiger partial charge on any atom is -0.493 e. The van der Waals surface area contributed by atoms with Crippen molar-refractivity contribution in [1.82, 2.24) is 9.55 Å². The highest BCUT2D eigenvalue weighted by Gasteiger charge is 2.30. The van der Waals surface area contributed by atoms with Crippen molar-refractivity contribution in [3.8, 4) is 17.2 Å². The van der Waals surface area contributed by atoms with Crippen LogP contribution in [0.4, 0.5) is 13.2 Å². The van der Waals surface area contributed by atoms with Crippen molar-refractivity contribution in [3.63, 3.8) is 0 Å². The molecule has 1 unspecified atom stereocenters. The highest BCUT2D eigenvalue weighted by atomic mass is 32.2. The Bertz CT molecular complexity index is 1360. The van der Waals surface area contributed by atoms with Crippen molar-refractivity contribution in [2.24, 2.45) is 0 Å². The largest absolute Gasteiger partial charge is 0.493 e. The number of aliphatic hydroxyl groups is 1. The molecule has 1 aromatic heterocycles. The zero-order valence-electron chi connectivity index (χ0n) is 19.2. The first-order valence-electron chi connectivity index (χ1n) is 10.6. The maximum atomic E-state index is 13.0. The summed E-state index contributed by atoms with van der Waals surface area (Å²) in [5.41, 5.74) is -0.896. The van der Waals surface area contributed by atoms with Crippen molar-refractivity contribution in [1.29, 1.82) is 0 Å².